The molecule has 1 fully saturated rings. The largest absolute Gasteiger partial charge is 0.452 e. The first-order valence-corrected chi connectivity index (χ1v) is 10.3. The summed E-state index contributed by atoms with van der Waals surface area (Å²) >= 11 is 0. The van der Waals surface area contributed by atoms with Crippen LogP contribution in [0.4, 0.5) is 11.4 Å². The van der Waals surface area contributed by atoms with E-state index in [0.717, 1.165) is 12.1 Å². The average Bonchev–Trinajstić information content (AvgIpc) is 3.15. The van der Waals surface area contributed by atoms with Crippen molar-refractivity contribution in [1.29, 1.82) is 0 Å². The highest BCUT2D eigenvalue weighted by Gasteiger charge is 2.37. The number of anilines is 2. The minimum Gasteiger partial charge on any atom is -0.452 e. The van der Waals surface area contributed by atoms with Crippen LogP contribution in [0.2, 0.25) is 0 Å². The van der Waals surface area contributed by atoms with Crippen molar-refractivity contribution in [3.05, 3.63) is 59.7 Å². The number of hydrogen-bond donors (Lipinski definition) is 1. The Morgan fingerprint density at radius 1 is 1.16 bits per heavy atom. The lowest BCUT2D eigenvalue weighted by Gasteiger charge is -2.18. The Bertz CT molecular complexity index is 999. The second-order valence-corrected chi connectivity index (χ2v) is 7.63. The molecular weight excluding hydrogens is 396 g/mol. The molecule has 0 spiro atoms. The summed E-state index contributed by atoms with van der Waals surface area (Å²) in [6, 6.07) is 14.2. The second kappa shape index (κ2) is 9.55. The van der Waals surface area contributed by atoms with E-state index in [4.69, 9.17) is 4.74 Å². The monoisotopic (exact) mass is 422 g/mol. The van der Waals surface area contributed by atoms with Crippen LogP contribution in [0.25, 0.3) is 0 Å². The van der Waals surface area contributed by atoms with E-state index in [1.165, 1.54) is 19.4 Å². The Kier molecular flexibility index (Phi) is 6.84. The molecule has 2 aromatic carbocycles. The van der Waals surface area contributed by atoms with Gasteiger partial charge in [-0.25, -0.2) is 0 Å². The van der Waals surface area contributed by atoms with Crippen molar-refractivity contribution in [2.45, 2.75) is 39.7 Å². The molecule has 0 aliphatic carbocycles. The Morgan fingerprint density at radius 3 is 2.52 bits per heavy atom. The van der Waals surface area contributed by atoms with Gasteiger partial charge in [-0.2, -0.15) is 0 Å². The van der Waals surface area contributed by atoms with Crippen molar-refractivity contribution >= 4 is 34.9 Å². The van der Waals surface area contributed by atoms with Crippen LogP contribution in [0.15, 0.2) is 48.5 Å². The van der Waals surface area contributed by atoms with Crippen molar-refractivity contribution in [3.63, 3.8) is 0 Å². The summed E-state index contributed by atoms with van der Waals surface area (Å²) in [5, 5.41) is 2.64. The summed E-state index contributed by atoms with van der Waals surface area (Å²) < 4.78 is 5.32. The molecule has 7 nitrogen and oxygen atoms in total. The van der Waals surface area contributed by atoms with E-state index in [1.54, 1.807) is 29.2 Å². The lowest BCUT2D eigenvalue weighted by Crippen LogP contribution is -2.33. The van der Waals surface area contributed by atoms with E-state index in [0.29, 0.717) is 11.3 Å². The van der Waals surface area contributed by atoms with Gasteiger partial charge in [0, 0.05) is 29.9 Å². The molecule has 1 saturated heterocycles. The molecule has 0 radical (unpaired) electrons. The predicted octanol–water partition coefficient (Wildman–Crippen LogP) is 3.37. The van der Waals surface area contributed by atoms with Gasteiger partial charge in [-0.3, -0.25) is 19.2 Å². The Labute approximate surface area is 181 Å². The van der Waals surface area contributed by atoms with Crippen LogP contribution in [0, 0.1) is 5.92 Å². The highest BCUT2D eigenvalue weighted by atomic mass is 16.5. The molecule has 2 amide bonds. The molecule has 162 valence electrons. The molecule has 1 aliphatic heterocycles. The first-order chi connectivity index (χ1) is 14.8. The molecule has 1 N–H and O–H groups in total. The van der Waals surface area contributed by atoms with Gasteiger partial charge >= 0.3 is 5.97 Å². The number of Topliss-reactive ketones (excluding diaryl/α,β-unsaturated/α-hetero) is 1. The van der Waals surface area contributed by atoms with E-state index in [2.05, 4.69) is 12.2 Å². The van der Waals surface area contributed by atoms with E-state index in [9.17, 15) is 19.2 Å². The molecule has 31 heavy (non-hydrogen) atoms. The number of ketones is 1. The smallest absolute Gasteiger partial charge is 0.312 e. The van der Waals surface area contributed by atoms with Gasteiger partial charge in [0.05, 0.1) is 5.92 Å². The van der Waals surface area contributed by atoms with Gasteiger partial charge in [-0.15, -0.1) is 0 Å². The number of carbonyl (C=O) groups is 4. The van der Waals surface area contributed by atoms with Crippen molar-refractivity contribution in [3.8, 4) is 0 Å². The number of carbonyl (C=O) groups excluding carboxylic acids is 4. The number of ether oxygens (including phenoxy) is 1. The van der Waals surface area contributed by atoms with Crippen LogP contribution in [0.3, 0.4) is 0 Å². The number of nitrogens with zero attached hydrogens (tertiary/aromatic N) is 1. The lowest BCUT2D eigenvalue weighted by atomic mass is 10.1. The molecule has 0 unspecified atom stereocenters. The van der Waals surface area contributed by atoms with Gasteiger partial charge in [-0.05, 0) is 50.1 Å². The third-order valence-electron chi connectivity index (χ3n) is 5.31. The fourth-order valence-corrected chi connectivity index (χ4v) is 3.41. The maximum atomic E-state index is 12.6. The summed E-state index contributed by atoms with van der Waals surface area (Å²) in [7, 11) is 0. The maximum Gasteiger partial charge on any atom is 0.312 e. The van der Waals surface area contributed by atoms with E-state index < -0.39 is 23.9 Å². The van der Waals surface area contributed by atoms with E-state index in [-0.39, 0.29) is 24.7 Å². The molecule has 2 atom stereocenters. The zero-order valence-electron chi connectivity index (χ0n) is 17.9. The van der Waals surface area contributed by atoms with E-state index in [1.807, 2.05) is 24.3 Å². The van der Waals surface area contributed by atoms with Crippen molar-refractivity contribution < 1.29 is 23.9 Å². The van der Waals surface area contributed by atoms with E-state index >= 15 is 0 Å². The molecule has 0 saturated carbocycles. The zero-order valence-corrected chi connectivity index (χ0v) is 17.9. The molecular formula is C24H26N2O5. The SMILES string of the molecule is CCc1ccc(N2C[C@@H](C(=O)O[C@@H](C)C(=O)Nc3cccc(C(C)=O)c3)CC2=O)cc1. The standard InChI is InChI=1S/C24H26N2O5/c1-4-17-8-10-21(11-9-17)26-14-19(13-22(26)28)24(30)31-16(3)23(29)25-20-7-5-6-18(12-20)15(2)27/h5-12,16,19H,4,13-14H2,1-3H3,(H,25,29)/t16-,19-/m0/s1. The number of nitrogens with one attached hydrogen (secondary N) is 1. The number of hydrogen-bond acceptors (Lipinski definition) is 5. The normalized spacial score (nSPS) is 16.7. The zero-order chi connectivity index (χ0) is 22.5. The maximum absolute atomic E-state index is 12.6. The van der Waals surface area contributed by atoms with Gasteiger partial charge < -0.3 is 15.0 Å². The number of aryl methyl sites for hydroxylation is 1. The van der Waals surface area contributed by atoms with Gasteiger partial charge in [0.15, 0.2) is 11.9 Å². The van der Waals surface area contributed by atoms with Crippen molar-refractivity contribution in [1.82, 2.24) is 0 Å². The molecule has 1 aliphatic rings. The van der Waals surface area contributed by atoms with Crippen LogP contribution in [0.5, 0.6) is 0 Å². The van der Waals surface area contributed by atoms with Crippen LogP contribution in [-0.4, -0.2) is 36.2 Å². The summed E-state index contributed by atoms with van der Waals surface area (Å²) in [5.74, 6) is -1.99. The van der Waals surface area contributed by atoms with Crippen LogP contribution < -0.4 is 10.2 Å². The quantitative estimate of drug-likeness (QED) is 0.545. The highest BCUT2D eigenvalue weighted by Crippen LogP contribution is 2.26. The minimum atomic E-state index is -1.04. The molecule has 3 rings (SSSR count). The number of esters is 1. The Morgan fingerprint density at radius 2 is 1.87 bits per heavy atom. The van der Waals surface area contributed by atoms with Gasteiger partial charge in [0.2, 0.25) is 5.91 Å². The molecule has 7 heteroatoms. The Hall–Kier alpha value is -3.48. The molecule has 0 bridgehead atoms. The second-order valence-electron chi connectivity index (χ2n) is 7.63. The third-order valence-corrected chi connectivity index (χ3v) is 5.31. The van der Waals surface area contributed by atoms with Gasteiger partial charge in [-0.1, -0.05) is 31.2 Å². The predicted molar refractivity (Wildman–Crippen MR) is 117 cm³/mol. The van der Waals surface area contributed by atoms with Crippen LogP contribution in [-0.2, 0) is 25.5 Å². The molecule has 1 heterocycles. The van der Waals surface area contributed by atoms with Gasteiger partial charge in [0.1, 0.15) is 0 Å². The number of rotatable bonds is 7. The summed E-state index contributed by atoms with van der Waals surface area (Å²) in [6.45, 7) is 5.19. The van der Waals surface area contributed by atoms with Crippen LogP contribution >= 0.6 is 0 Å². The fourth-order valence-electron chi connectivity index (χ4n) is 3.41. The Balaban J connectivity index is 1.57. The summed E-state index contributed by atoms with van der Waals surface area (Å²) in [6.07, 6.45) is -0.0904. The third kappa shape index (κ3) is 5.36. The van der Waals surface area contributed by atoms with Crippen molar-refractivity contribution in [2.75, 3.05) is 16.8 Å². The van der Waals surface area contributed by atoms with Crippen LogP contribution in [0.1, 0.15) is 43.1 Å². The van der Waals surface area contributed by atoms with Gasteiger partial charge in [0.25, 0.3) is 5.91 Å². The number of benzene rings is 2. The van der Waals surface area contributed by atoms with Crippen molar-refractivity contribution in [2.24, 2.45) is 5.92 Å². The summed E-state index contributed by atoms with van der Waals surface area (Å²) in [4.78, 5) is 50.4. The number of amides is 2. The highest BCUT2D eigenvalue weighted by molar-refractivity contribution is 6.01. The lowest BCUT2D eigenvalue weighted by molar-refractivity contribution is -0.157. The topological polar surface area (TPSA) is 92.8 Å². The first kappa shape index (κ1) is 22.2. The molecule has 2 aromatic rings. The first-order valence-electron chi connectivity index (χ1n) is 10.3. The average molecular weight is 422 g/mol. The summed E-state index contributed by atoms with van der Waals surface area (Å²) in [5.41, 5.74) is 2.82. The minimum absolute atomic E-state index is 0.0450. The molecule has 0 aromatic heterocycles. The fraction of sp³-hybridized carbons (Fsp3) is 0.333.